The van der Waals surface area contributed by atoms with E-state index in [4.69, 9.17) is 18.9 Å². The van der Waals surface area contributed by atoms with Gasteiger partial charge in [0.2, 0.25) is 0 Å². The molecule has 1 unspecified atom stereocenters. The van der Waals surface area contributed by atoms with E-state index in [1.54, 1.807) is 6.08 Å². The van der Waals surface area contributed by atoms with Crippen LogP contribution in [0.5, 0.6) is 0 Å². The Kier molecular flexibility index (Phi) is 9.38. The van der Waals surface area contributed by atoms with Crippen LogP contribution in [0.4, 0.5) is 0 Å². The van der Waals surface area contributed by atoms with Crippen molar-refractivity contribution in [2.24, 2.45) is 22.7 Å². The number of fused-ring (bicyclic) bond motifs is 3. The van der Waals surface area contributed by atoms with Crippen LogP contribution < -0.4 is 0 Å². The van der Waals surface area contributed by atoms with Crippen molar-refractivity contribution < 1.29 is 38.1 Å². The zero-order valence-electron chi connectivity index (χ0n) is 26.3. The maximum absolute atomic E-state index is 12.9. The standard InChI is InChI=1S/C35H44O8/c1-20-27-18-26-19-29(40-22(3)36)21(2)31(34(26,6)7)32(41-23(4)37)33(42-24(5)38)35(27,8)17-16-28(20)43-30(39)15-14-25-12-10-9-11-13-25/h9-15,26-29,32-33H,1,16-19H2,2-8H3/b15-14+/t26?,27-,28+,29+,32-,33+,35-/m1/s1. The predicted octanol–water partition coefficient (Wildman–Crippen LogP) is 6.15. The summed E-state index contributed by atoms with van der Waals surface area (Å²) in [6.45, 7) is 16.7. The lowest BCUT2D eigenvalue weighted by Crippen LogP contribution is -2.59. The van der Waals surface area contributed by atoms with Gasteiger partial charge in [0.1, 0.15) is 18.3 Å². The molecule has 0 heterocycles. The lowest BCUT2D eigenvalue weighted by molar-refractivity contribution is -0.187. The van der Waals surface area contributed by atoms with E-state index in [1.807, 2.05) is 44.2 Å². The van der Waals surface area contributed by atoms with Gasteiger partial charge < -0.3 is 18.9 Å². The summed E-state index contributed by atoms with van der Waals surface area (Å²) in [6.07, 6.45) is 2.57. The lowest BCUT2D eigenvalue weighted by atomic mass is 9.50. The first kappa shape index (κ1) is 32.2. The number of carbonyl (C=O) groups is 4. The van der Waals surface area contributed by atoms with E-state index in [1.165, 1.54) is 26.8 Å². The van der Waals surface area contributed by atoms with Gasteiger partial charge in [0.05, 0.1) is 0 Å². The fourth-order valence-corrected chi connectivity index (χ4v) is 7.66. The summed E-state index contributed by atoms with van der Waals surface area (Å²) in [7, 11) is 0. The molecule has 8 nitrogen and oxygen atoms in total. The highest BCUT2D eigenvalue weighted by molar-refractivity contribution is 5.87. The van der Waals surface area contributed by atoms with Crippen LogP contribution in [-0.2, 0) is 38.1 Å². The molecule has 0 aromatic heterocycles. The highest BCUT2D eigenvalue weighted by Gasteiger charge is 2.60. The maximum Gasteiger partial charge on any atom is 0.331 e. The first-order valence-electron chi connectivity index (χ1n) is 15.0. The summed E-state index contributed by atoms with van der Waals surface area (Å²) in [6, 6.07) is 9.50. The Hall–Kier alpha value is -3.68. The zero-order chi connectivity index (χ0) is 31.7. The molecule has 0 N–H and O–H groups in total. The molecule has 1 aromatic rings. The van der Waals surface area contributed by atoms with Gasteiger partial charge in [-0.1, -0.05) is 57.7 Å². The molecule has 2 bridgehead atoms. The van der Waals surface area contributed by atoms with Crippen molar-refractivity contribution in [3.05, 3.63) is 65.3 Å². The number of carbonyl (C=O) groups excluding carboxylic acids is 4. The van der Waals surface area contributed by atoms with Crippen molar-refractivity contribution in [3.63, 3.8) is 0 Å². The second-order valence-corrected chi connectivity index (χ2v) is 13.0. The number of hydrogen-bond acceptors (Lipinski definition) is 8. The van der Waals surface area contributed by atoms with Crippen LogP contribution in [0.1, 0.15) is 79.7 Å². The minimum absolute atomic E-state index is 0.000360. The Morgan fingerprint density at radius 3 is 2.09 bits per heavy atom. The van der Waals surface area contributed by atoms with Gasteiger partial charge in [0.15, 0.2) is 6.10 Å². The molecule has 0 aliphatic heterocycles. The molecule has 1 aromatic carbocycles. The second-order valence-electron chi connectivity index (χ2n) is 13.0. The van der Waals surface area contributed by atoms with Crippen LogP contribution in [0, 0.1) is 22.7 Å². The van der Waals surface area contributed by atoms with Gasteiger partial charge in [-0.05, 0) is 78.2 Å². The van der Waals surface area contributed by atoms with E-state index in [2.05, 4.69) is 20.4 Å². The number of hydrogen-bond donors (Lipinski definition) is 0. The number of ether oxygens (including phenoxy) is 4. The molecule has 0 spiro atoms. The quantitative estimate of drug-likeness (QED) is 0.168. The number of rotatable bonds is 6. The molecule has 43 heavy (non-hydrogen) atoms. The Morgan fingerprint density at radius 1 is 0.860 bits per heavy atom. The molecular formula is C35H44O8. The first-order valence-corrected chi connectivity index (χ1v) is 15.0. The maximum atomic E-state index is 12.9. The molecule has 0 saturated heterocycles. The Morgan fingerprint density at radius 2 is 1.49 bits per heavy atom. The van der Waals surface area contributed by atoms with Crippen molar-refractivity contribution >= 4 is 30.0 Å². The normalized spacial score (nSPS) is 31.7. The monoisotopic (exact) mass is 592 g/mol. The smallest absolute Gasteiger partial charge is 0.331 e. The molecule has 0 radical (unpaired) electrons. The summed E-state index contributed by atoms with van der Waals surface area (Å²) in [5.74, 6) is -2.11. The number of benzene rings is 1. The van der Waals surface area contributed by atoms with E-state index in [0.717, 1.165) is 22.3 Å². The van der Waals surface area contributed by atoms with Gasteiger partial charge in [0, 0.05) is 32.3 Å². The van der Waals surface area contributed by atoms with E-state index in [9.17, 15) is 19.2 Å². The SMILES string of the molecule is C=C1[C@@H](OC(=O)/C=C/c2ccccc2)CC[C@]2(C)[C@@H]1CC1C[C@H](OC(C)=O)C(C)=C([C@@H](OC(C)=O)[C@@H]2OC(C)=O)C1(C)C. The van der Waals surface area contributed by atoms with Gasteiger partial charge in [-0.25, -0.2) is 4.79 Å². The Labute approximate surface area is 254 Å². The molecule has 0 amide bonds. The minimum atomic E-state index is -0.897. The predicted molar refractivity (Wildman–Crippen MR) is 161 cm³/mol. The van der Waals surface area contributed by atoms with Crippen LogP contribution >= 0.6 is 0 Å². The fourth-order valence-electron chi connectivity index (χ4n) is 7.66. The summed E-state index contributed by atoms with van der Waals surface area (Å²) in [5, 5.41) is 0. The average molecular weight is 593 g/mol. The van der Waals surface area contributed by atoms with Crippen molar-refractivity contribution in [1.82, 2.24) is 0 Å². The largest absolute Gasteiger partial charge is 0.458 e. The zero-order valence-corrected chi connectivity index (χ0v) is 26.3. The molecule has 8 heteroatoms. The molecule has 7 atom stereocenters. The number of esters is 4. The van der Waals surface area contributed by atoms with Gasteiger partial charge >= 0.3 is 23.9 Å². The first-order chi connectivity index (χ1) is 20.1. The summed E-state index contributed by atoms with van der Waals surface area (Å²) in [5.41, 5.74) is 2.08. The van der Waals surface area contributed by atoms with Crippen molar-refractivity contribution in [2.75, 3.05) is 0 Å². The van der Waals surface area contributed by atoms with Crippen LogP contribution in [0.25, 0.3) is 6.08 Å². The van der Waals surface area contributed by atoms with E-state index < -0.39 is 59.1 Å². The molecule has 232 valence electrons. The topological polar surface area (TPSA) is 105 Å². The van der Waals surface area contributed by atoms with Gasteiger partial charge in [-0.3, -0.25) is 14.4 Å². The highest BCUT2D eigenvalue weighted by atomic mass is 16.6. The van der Waals surface area contributed by atoms with E-state index >= 15 is 0 Å². The summed E-state index contributed by atoms with van der Waals surface area (Å²) >= 11 is 0. The third-order valence-electron chi connectivity index (χ3n) is 9.82. The van der Waals surface area contributed by atoms with E-state index in [0.29, 0.717) is 25.7 Å². The van der Waals surface area contributed by atoms with Gasteiger partial charge in [-0.15, -0.1) is 0 Å². The Bertz CT molecular complexity index is 1340. The van der Waals surface area contributed by atoms with Gasteiger partial charge in [-0.2, -0.15) is 0 Å². The molecule has 4 rings (SSSR count). The van der Waals surface area contributed by atoms with Crippen LogP contribution in [0.15, 0.2) is 59.7 Å². The lowest BCUT2D eigenvalue weighted by Gasteiger charge is -2.58. The van der Waals surface area contributed by atoms with E-state index in [-0.39, 0.29) is 11.8 Å². The minimum Gasteiger partial charge on any atom is -0.458 e. The Balaban J connectivity index is 1.77. The van der Waals surface area contributed by atoms with Crippen molar-refractivity contribution in [1.29, 1.82) is 0 Å². The van der Waals surface area contributed by atoms with Crippen molar-refractivity contribution in [2.45, 2.75) is 98.6 Å². The molecule has 3 aliphatic rings. The third kappa shape index (κ3) is 6.63. The third-order valence-corrected chi connectivity index (χ3v) is 9.82. The second kappa shape index (κ2) is 12.5. The molecule has 2 saturated carbocycles. The average Bonchev–Trinajstić information content (AvgIpc) is 2.91. The highest BCUT2D eigenvalue weighted by Crippen LogP contribution is 2.60. The van der Waals surface area contributed by atoms with Crippen LogP contribution in [0.3, 0.4) is 0 Å². The molecule has 2 fully saturated rings. The van der Waals surface area contributed by atoms with Gasteiger partial charge in [0.25, 0.3) is 0 Å². The fraction of sp³-hybridized carbons (Fsp3) is 0.543. The van der Waals surface area contributed by atoms with Crippen molar-refractivity contribution in [3.8, 4) is 0 Å². The summed E-state index contributed by atoms with van der Waals surface area (Å²) in [4.78, 5) is 50.2. The molecular weight excluding hydrogens is 548 g/mol. The molecule has 3 aliphatic carbocycles. The van der Waals surface area contributed by atoms with Crippen LogP contribution in [-0.4, -0.2) is 48.3 Å². The summed E-state index contributed by atoms with van der Waals surface area (Å²) < 4.78 is 23.9. The van der Waals surface area contributed by atoms with Crippen LogP contribution in [0.2, 0.25) is 0 Å².